The van der Waals surface area contributed by atoms with Crippen molar-refractivity contribution in [3.8, 4) is 11.5 Å². The third-order valence-electron chi connectivity index (χ3n) is 5.98. The van der Waals surface area contributed by atoms with E-state index in [1.807, 2.05) is 11.8 Å². The highest BCUT2D eigenvalue weighted by Crippen LogP contribution is 2.31. The first-order chi connectivity index (χ1) is 14.3. The number of likely N-dealkylation sites (tertiary alicyclic amines) is 2. The average molecular weight is 421 g/mol. The van der Waals surface area contributed by atoms with Gasteiger partial charge in [-0.1, -0.05) is 0 Å². The van der Waals surface area contributed by atoms with Crippen LogP contribution in [-0.4, -0.2) is 46.9 Å². The molecule has 0 unspecified atom stereocenters. The molecule has 4 rings (SSSR count). The fourth-order valence-corrected chi connectivity index (χ4v) is 4.36. The second-order valence-electron chi connectivity index (χ2n) is 8.28. The lowest BCUT2D eigenvalue weighted by Crippen LogP contribution is -2.41. The zero-order chi connectivity index (χ0) is 21.3. The van der Waals surface area contributed by atoms with Gasteiger partial charge in [0.15, 0.2) is 0 Å². The van der Waals surface area contributed by atoms with Crippen molar-refractivity contribution in [3.05, 3.63) is 41.3 Å². The number of oxazole rings is 1. The van der Waals surface area contributed by atoms with E-state index in [0.29, 0.717) is 36.1 Å². The van der Waals surface area contributed by atoms with Gasteiger partial charge in [-0.05, 0) is 62.9 Å². The van der Waals surface area contributed by atoms with Crippen LogP contribution in [-0.2, 0) is 17.5 Å². The number of amides is 1. The molecular formula is C22H26F3N3O2. The molecular weight excluding hydrogens is 395 g/mol. The van der Waals surface area contributed by atoms with Gasteiger partial charge in [0, 0.05) is 38.2 Å². The highest BCUT2D eigenvalue weighted by atomic mass is 19.4. The Hall–Kier alpha value is -2.35. The number of nitrogens with zero attached hydrogens (tertiary/aromatic N) is 3. The minimum Gasteiger partial charge on any atom is -0.441 e. The predicted molar refractivity (Wildman–Crippen MR) is 105 cm³/mol. The van der Waals surface area contributed by atoms with E-state index < -0.39 is 11.7 Å². The summed E-state index contributed by atoms with van der Waals surface area (Å²) in [6.07, 6.45) is -0.535. The highest BCUT2D eigenvalue weighted by Gasteiger charge is 2.30. The topological polar surface area (TPSA) is 49.6 Å². The van der Waals surface area contributed by atoms with E-state index in [9.17, 15) is 18.0 Å². The molecule has 1 amide bonds. The third kappa shape index (κ3) is 4.69. The number of carbonyl (C=O) groups excluding carboxylic acids is 1. The Kier molecular flexibility index (Phi) is 5.86. The van der Waals surface area contributed by atoms with Crippen molar-refractivity contribution in [1.29, 1.82) is 0 Å². The van der Waals surface area contributed by atoms with Gasteiger partial charge in [0.1, 0.15) is 5.76 Å². The maximum atomic E-state index is 12.8. The minimum atomic E-state index is -4.36. The molecule has 2 fully saturated rings. The highest BCUT2D eigenvalue weighted by molar-refractivity contribution is 5.78. The van der Waals surface area contributed by atoms with Crippen molar-refractivity contribution >= 4 is 5.91 Å². The molecule has 30 heavy (non-hydrogen) atoms. The Morgan fingerprint density at radius 3 is 2.60 bits per heavy atom. The van der Waals surface area contributed by atoms with Crippen LogP contribution in [0.3, 0.4) is 0 Å². The number of aryl methyl sites for hydroxylation is 1. The van der Waals surface area contributed by atoms with Gasteiger partial charge in [-0.15, -0.1) is 0 Å². The van der Waals surface area contributed by atoms with Crippen LogP contribution >= 0.6 is 0 Å². The van der Waals surface area contributed by atoms with E-state index in [-0.39, 0.29) is 5.91 Å². The molecule has 0 saturated carbocycles. The number of halogens is 3. The molecule has 2 aliphatic rings. The number of hydrogen-bond acceptors (Lipinski definition) is 4. The normalized spacial score (nSPS) is 20.9. The molecule has 1 atom stereocenters. The summed E-state index contributed by atoms with van der Waals surface area (Å²) in [6, 6.07) is 4.87. The summed E-state index contributed by atoms with van der Waals surface area (Å²) < 4.78 is 44.0. The molecule has 0 spiro atoms. The second kappa shape index (κ2) is 8.41. The van der Waals surface area contributed by atoms with Crippen LogP contribution < -0.4 is 0 Å². The predicted octanol–water partition coefficient (Wildman–Crippen LogP) is 4.50. The lowest BCUT2D eigenvalue weighted by Gasteiger charge is -2.34. The maximum Gasteiger partial charge on any atom is 0.416 e. The van der Waals surface area contributed by atoms with Crippen LogP contribution in [0, 0.1) is 12.8 Å². The van der Waals surface area contributed by atoms with Crippen LogP contribution in [0.1, 0.15) is 42.7 Å². The van der Waals surface area contributed by atoms with E-state index in [0.717, 1.165) is 63.3 Å². The number of rotatable bonds is 5. The molecule has 5 nitrogen and oxygen atoms in total. The minimum absolute atomic E-state index is 0.264. The van der Waals surface area contributed by atoms with Crippen LogP contribution in [0.5, 0.6) is 0 Å². The Morgan fingerprint density at radius 1 is 1.17 bits per heavy atom. The summed E-state index contributed by atoms with van der Waals surface area (Å²) >= 11 is 0. The molecule has 162 valence electrons. The van der Waals surface area contributed by atoms with E-state index in [1.165, 1.54) is 12.1 Å². The zero-order valence-electron chi connectivity index (χ0n) is 17.0. The number of alkyl halides is 3. The number of aromatic nitrogens is 1. The summed E-state index contributed by atoms with van der Waals surface area (Å²) in [7, 11) is 0. The van der Waals surface area contributed by atoms with Crippen molar-refractivity contribution in [1.82, 2.24) is 14.8 Å². The average Bonchev–Trinajstić information content (AvgIpc) is 3.27. The van der Waals surface area contributed by atoms with Crippen LogP contribution in [0.25, 0.3) is 11.5 Å². The fourth-order valence-electron chi connectivity index (χ4n) is 4.36. The van der Waals surface area contributed by atoms with Gasteiger partial charge in [0.05, 0.1) is 11.3 Å². The summed E-state index contributed by atoms with van der Waals surface area (Å²) in [5.41, 5.74) is 0.648. The van der Waals surface area contributed by atoms with E-state index >= 15 is 0 Å². The van der Waals surface area contributed by atoms with Gasteiger partial charge in [0.2, 0.25) is 11.8 Å². The number of piperidine rings is 1. The Bertz CT molecular complexity index is 892. The first kappa shape index (κ1) is 20.9. The molecule has 1 aromatic carbocycles. The van der Waals surface area contributed by atoms with Gasteiger partial charge >= 0.3 is 6.18 Å². The number of benzene rings is 1. The number of carbonyl (C=O) groups is 1. The van der Waals surface area contributed by atoms with Gasteiger partial charge in [-0.2, -0.15) is 13.2 Å². The third-order valence-corrected chi connectivity index (χ3v) is 5.98. The maximum absolute atomic E-state index is 12.8. The summed E-state index contributed by atoms with van der Waals surface area (Å²) in [5.74, 6) is 1.75. The van der Waals surface area contributed by atoms with E-state index in [2.05, 4.69) is 9.88 Å². The molecule has 0 aliphatic carbocycles. The van der Waals surface area contributed by atoms with Gasteiger partial charge < -0.3 is 9.32 Å². The Morgan fingerprint density at radius 2 is 1.93 bits per heavy atom. The lowest BCUT2D eigenvalue weighted by molar-refractivity contribution is -0.137. The standard InChI is InChI=1S/C22H26F3N3O2/c1-15-19(26-21(30-15)17-6-8-18(9-7-17)22(23,24)25)14-27-10-2-4-16(12-27)13-28-11-3-5-20(28)29/h6-9,16H,2-5,10-14H2,1H3/t16-/m0/s1. The van der Waals surface area contributed by atoms with Gasteiger partial charge in [-0.25, -0.2) is 4.98 Å². The first-order valence-corrected chi connectivity index (χ1v) is 10.4. The monoisotopic (exact) mass is 421 g/mol. The SMILES string of the molecule is Cc1oc(-c2ccc(C(F)(F)F)cc2)nc1CN1CCC[C@H](CN2CCCC2=O)C1. The summed E-state index contributed by atoms with van der Waals surface area (Å²) in [6.45, 7) is 6.04. The molecule has 2 aromatic rings. The largest absolute Gasteiger partial charge is 0.441 e. The lowest BCUT2D eigenvalue weighted by atomic mass is 9.97. The van der Waals surface area contributed by atoms with Crippen molar-refractivity contribution in [2.45, 2.75) is 45.3 Å². The summed E-state index contributed by atoms with van der Waals surface area (Å²) in [5, 5.41) is 0. The summed E-state index contributed by atoms with van der Waals surface area (Å²) in [4.78, 5) is 20.8. The van der Waals surface area contributed by atoms with Crippen molar-refractivity contribution in [3.63, 3.8) is 0 Å². The van der Waals surface area contributed by atoms with E-state index in [4.69, 9.17) is 4.42 Å². The van der Waals surface area contributed by atoms with Crippen LogP contribution in [0.15, 0.2) is 28.7 Å². The van der Waals surface area contributed by atoms with Gasteiger partial charge in [0.25, 0.3) is 0 Å². The zero-order valence-corrected chi connectivity index (χ0v) is 17.0. The van der Waals surface area contributed by atoms with Crippen molar-refractivity contribution in [2.75, 3.05) is 26.2 Å². The molecule has 2 aliphatic heterocycles. The second-order valence-corrected chi connectivity index (χ2v) is 8.28. The van der Waals surface area contributed by atoms with Crippen LogP contribution in [0.2, 0.25) is 0 Å². The molecule has 0 bridgehead atoms. The molecule has 8 heteroatoms. The fraction of sp³-hybridized carbons (Fsp3) is 0.545. The smallest absolute Gasteiger partial charge is 0.416 e. The molecule has 0 N–H and O–H groups in total. The first-order valence-electron chi connectivity index (χ1n) is 10.4. The Balaban J connectivity index is 1.40. The van der Waals surface area contributed by atoms with Gasteiger partial charge in [-0.3, -0.25) is 9.69 Å². The molecule has 2 saturated heterocycles. The van der Waals surface area contributed by atoms with Crippen molar-refractivity contribution < 1.29 is 22.4 Å². The molecule has 1 aromatic heterocycles. The van der Waals surface area contributed by atoms with Crippen LogP contribution in [0.4, 0.5) is 13.2 Å². The molecule has 0 radical (unpaired) electrons. The number of hydrogen-bond donors (Lipinski definition) is 0. The van der Waals surface area contributed by atoms with E-state index in [1.54, 1.807) is 0 Å². The quantitative estimate of drug-likeness (QED) is 0.713. The molecule has 3 heterocycles. The Labute approximate surface area is 173 Å². The van der Waals surface area contributed by atoms with Crippen molar-refractivity contribution in [2.24, 2.45) is 5.92 Å².